The zero-order valence-electron chi connectivity index (χ0n) is 17.5. The lowest BCUT2D eigenvalue weighted by Gasteiger charge is -2.22. The van der Waals surface area contributed by atoms with Gasteiger partial charge in [-0.3, -0.25) is 9.59 Å². The summed E-state index contributed by atoms with van der Waals surface area (Å²) in [5.41, 5.74) is 3.89. The molecule has 0 bridgehead atoms. The van der Waals surface area contributed by atoms with E-state index in [0.717, 1.165) is 23.2 Å². The first-order valence-corrected chi connectivity index (χ1v) is 10.2. The van der Waals surface area contributed by atoms with E-state index in [0.29, 0.717) is 5.56 Å². The van der Waals surface area contributed by atoms with Crippen LogP contribution in [0.4, 0.5) is 5.69 Å². The van der Waals surface area contributed by atoms with E-state index in [1.807, 2.05) is 50.2 Å². The molecular formula is C26H23NO4. The topological polar surface area (TPSA) is 63.7 Å². The van der Waals surface area contributed by atoms with Crippen LogP contribution in [0.15, 0.2) is 72.8 Å². The first-order chi connectivity index (χ1) is 15.0. The molecule has 1 atom stereocenters. The molecule has 3 aromatic rings. The molecule has 4 rings (SSSR count). The molecule has 0 fully saturated rings. The van der Waals surface area contributed by atoms with Gasteiger partial charge in [-0.2, -0.15) is 0 Å². The summed E-state index contributed by atoms with van der Waals surface area (Å²) in [7, 11) is 0. The van der Waals surface area contributed by atoms with Gasteiger partial charge >= 0.3 is 5.97 Å². The Morgan fingerprint density at radius 3 is 2.29 bits per heavy atom. The number of ether oxygens (including phenoxy) is 1. The Morgan fingerprint density at radius 1 is 0.903 bits per heavy atom. The fourth-order valence-corrected chi connectivity index (χ4v) is 3.94. The molecule has 31 heavy (non-hydrogen) atoms. The van der Waals surface area contributed by atoms with Crippen molar-refractivity contribution in [2.75, 3.05) is 11.5 Å². The molecule has 3 aromatic carbocycles. The van der Waals surface area contributed by atoms with Crippen LogP contribution in [0.5, 0.6) is 0 Å². The van der Waals surface area contributed by atoms with Gasteiger partial charge in [0.2, 0.25) is 0 Å². The van der Waals surface area contributed by atoms with E-state index >= 15 is 0 Å². The third kappa shape index (κ3) is 4.12. The molecule has 5 heteroatoms. The number of anilines is 1. The average molecular weight is 413 g/mol. The van der Waals surface area contributed by atoms with Gasteiger partial charge in [-0.15, -0.1) is 0 Å². The first kappa shape index (κ1) is 20.5. The zero-order chi connectivity index (χ0) is 22.0. The van der Waals surface area contributed by atoms with Gasteiger partial charge in [0.25, 0.3) is 5.91 Å². The third-order valence-electron chi connectivity index (χ3n) is 5.51. The number of fused-ring (bicyclic) bond motifs is 1. The monoisotopic (exact) mass is 413 g/mol. The van der Waals surface area contributed by atoms with E-state index < -0.39 is 5.97 Å². The zero-order valence-corrected chi connectivity index (χ0v) is 17.5. The number of aryl methyl sites for hydroxylation is 1. The quantitative estimate of drug-likeness (QED) is 0.461. The smallest absolute Gasteiger partial charge is 0.339 e. The van der Waals surface area contributed by atoms with Crippen LogP contribution in [0.25, 0.3) is 0 Å². The molecule has 5 nitrogen and oxygen atoms in total. The number of amides is 1. The third-order valence-corrected chi connectivity index (χ3v) is 5.51. The number of carbonyl (C=O) groups excluding carboxylic acids is 3. The SMILES string of the molecule is Cc1ccc(C(=O)c2ccccc2C(=O)OCC(=O)N2c3ccccc3C[C@@H]2C)cc1. The minimum Gasteiger partial charge on any atom is -0.452 e. The summed E-state index contributed by atoms with van der Waals surface area (Å²) < 4.78 is 5.33. The minimum absolute atomic E-state index is 0.000923. The van der Waals surface area contributed by atoms with Crippen LogP contribution in [-0.2, 0) is 16.0 Å². The molecule has 0 spiro atoms. The summed E-state index contributed by atoms with van der Waals surface area (Å²) in [6, 6.07) is 21.4. The van der Waals surface area contributed by atoms with Crippen molar-refractivity contribution >= 4 is 23.3 Å². The number of ketones is 1. The highest BCUT2D eigenvalue weighted by atomic mass is 16.5. The predicted molar refractivity (Wildman–Crippen MR) is 118 cm³/mol. The predicted octanol–water partition coefficient (Wildman–Crippen LogP) is 4.36. The van der Waals surface area contributed by atoms with Crippen LogP contribution in [0, 0.1) is 6.92 Å². The van der Waals surface area contributed by atoms with Gasteiger partial charge in [-0.05, 0) is 38.0 Å². The highest BCUT2D eigenvalue weighted by Crippen LogP contribution is 2.31. The number of hydrogen-bond donors (Lipinski definition) is 0. The molecule has 0 aromatic heterocycles. The van der Waals surface area contributed by atoms with Crippen LogP contribution in [0.3, 0.4) is 0 Å². The van der Waals surface area contributed by atoms with Crippen LogP contribution >= 0.6 is 0 Å². The second kappa shape index (κ2) is 8.56. The van der Waals surface area contributed by atoms with Crippen LogP contribution < -0.4 is 4.90 Å². The maximum atomic E-state index is 12.9. The average Bonchev–Trinajstić information content (AvgIpc) is 3.13. The van der Waals surface area contributed by atoms with Gasteiger partial charge in [0, 0.05) is 22.9 Å². The fourth-order valence-electron chi connectivity index (χ4n) is 3.94. The first-order valence-electron chi connectivity index (χ1n) is 10.2. The van der Waals surface area contributed by atoms with E-state index in [2.05, 4.69) is 0 Å². The lowest BCUT2D eigenvalue weighted by molar-refractivity contribution is -0.122. The molecule has 0 aliphatic carbocycles. The van der Waals surface area contributed by atoms with Gasteiger partial charge in [-0.25, -0.2) is 4.79 Å². The van der Waals surface area contributed by atoms with E-state index in [1.54, 1.807) is 41.3 Å². The number of nitrogens with zero attached hydrogens (tertiary/aromatic N) is 1. The van der Waals surface area contributed by atoms with E-state index in [-0.39, 0.29) is 35.5 Å². The summed E-state index contributed by atoms with van der Waals surface area (Å²) >= 11 is 0. The molecule has 0 saturated heterocycles. The molecule has 0 N–H and O–H groups in total. The van der Waals surface area contributed by atoms with Crippen molar-refractivity contribution in [3.8, 4) is 0 Å². The lowest BCUT2D eigenvalue weighted by Crippen LogP contribution is -2.38. The molecule has 1 amide bonds. The van der Waals surface area contributed by atoms with Crippen LogP contribution in [0.2, 0.25) is 0 Å². The van der Waals surface area contributed by atoms with Crippen molar-refractivity contribution in [1.82, 2.24) is 0 Å². The summed E-state index contributed by atoms with van der Waals surface area (Å²) in [4.78, 5) is 40.2. The van der Waals surface area contributed by atoms with Gasteiger partial charge in [0.1, 0.15) is 0 Å². The number of rotatable bonds is 5. The van der Waals surface area contributed by atoms with Crippen molar-refractivity contribution in [3.05, 3.63) is 101 Å². The Labute approximate surface area is 181 Å². The van der Waals surface area contributed by atoms with Crippen molar-refractivity contribution in [1.29, 1.82) is 0 Å². The van der Waals surface area contributed by atoms with Gasteiger partial charge in [-0.1, -0.05) is 66.2 Å². The Balaban J connectivity index is 1.49. The number of para-hydroxylation sites is 1. The maximum Gasteiger partial charge on any atom is 0.339 e. The number of hydrogen-bond acceptors (Lipinski definition) is 4. The summed E-state index contributed by atoms with van der Waals surface area (Å²) in [5.74, 6) is -1.24. The second-order valence-corrected chi connectivity index (χ2v) is 7.76. The maximum absolute atomic E-state index is 12.9. The molecular weight excluding hydrogens is 390 g/mol. The summed E-state index contributed by atoms with van der Waals surface area (Å²) in [6.07, 6.45) is 0.768. The van der Waals surface area contributed by atoms with Crippen LogP contribution in [-0.4, -0.2) is 30.3 Å². The van der Waals surface area contributed by atoms with Gasteiger partial charge in [0.05, 0.1) is 5.56 Å². The van der Waals surface area contributed by atoms with Crippen molar-refractivity contribution < 1.29 is 19.1 Å². The molecule has 0 unspecified atom stereocenters. The van der Waals surface area contributed by atoms with Crippen molar-refractivity contribution in [2.24, 2.45) is 0 Å². The Bertz CT molecular complexity index is 1150. The Kier molecular flexibility index (Phi) is 5.67. The normalized spacial score (nSPS) is 14.8. The second-order valence-electron chi connectivity index (χ2n) is 7.76. The minimum atomic E-state index is -0.690. The molecule has 1 aliphatic heterocycles. The number of esters is 1. The number of benzene rings is 3. The largest absolute Gasteiger partial charge is 0.452 e. The van der Waals surface area contributed by atoms with E-state index in [9.17, 15) is 14.4 Å². The highest BCUT2D eigenvalue weighted by Gasteiger charge is 2.31. The van der Waals surface area contributed by atoms with E-state index in [1.165, 1.54) is 0 Å². The Hall–Kier alpha value is -3.73. The van der Waals surface area contributed by atoms with E-state index in [4.69, 9.17) is 4.74 Å². The van der Waals surface area contributed by atoms with Gasteiger partial charge < -0.3 is 9.64 Å². The Morgan fingerprint density at radius 2 is 1.55 bits per heavy atom. The van der Waals surface area contributed by atoms with Gasteiger partial charge in [0.15, 0.2) is 12.4 Å². The van der Waals surface area contributed by atoms with Crippen molar-refractivity contribution in [3.63, 3.8) is 0 Å². The highest BCUT2D eigenvalue weighted by molar-refractivity contribution is 6.14. The molecule has 0 radical (unpaired) electrons. The molecule has 1 aliphatic rings. The molecule has 0 saturated carbocycles. The standard InChI is InChI=1S/C26H23NO4/c1-17-11-13-19(14-12-17)25(29)21-8-4-5-9-22(21)26(30)31-16-24(28)27-18(2)15-20-7-3-6-10-23(20)27/h3-14,18H,15-16H2,1-2H3/t18-/m0/s1. The number of carbonyl (C=O) groups is 3. The fraction of sp³-hybridized carbons (Fsp3) is 0.192. The summed E-state index contributed by atoms with van der Waals surface area (Å²) in [5, 5.41) is 0. The van der Waals surface area contributed by atoms with Crippen LogP contribution in [0.1, 0.15) is 44.3 Å². The van der Waals surface area contributed by atoms with Crippen molar-refractivity contribution in [2.45, 2.75) is 26.3 Å². The molecule has 1 heterocycles. The lowest BCUT2D eigenvalue weighted by atomic mass is 9.98. The summed E-state index contributed by atoms with van der Waals surface area (Å²) in [6.45, 7) is 3.52. The molecule has 156 valence electrons.